The Hall–Kier alpha value is 0.736. The normalized spacial score (nSPS) is 13.7. The Morgan fingerprint density at radius 1 is 1.33 bits per heavy atom. The van der Waals surface area contributed by atoms with Crippen molar-refractivity contribution in [1.82, 2.24) is 0 Å². The number of rotatable bonds is 6. The Bertz CT molecular complexity index is 254. The molecule has 0 saturated carbocycles. The van der Waals surface area contributed by atoms with Crippen LogP contribution < -0.4 is 0 Å². The predicted octanol–water partition coefficient (Wildman–Crippen LogP) is 3.19. The first kappa shape index (κ1) is 21.0. The number of carbonyl (C=O) groups excluding carboxylic acids is 1. The number of hydrogen-bond acceptors (Lipinski definition) is 3. The Morgan fingerprint density at radius 2 is 1.83 bits per heavy atom. The first-order valence-electron chi connectivity index (χ1n) is 6.03. The van der Waals surface area contributed by atoms with Crippen molar-refractivity contribution in [2.75, 3.05) is 12.5 Å². The minimum atomic E-state index is -1.87. The molecule has 0 rings (SSSR count). The fraction of sp³-hybridized carbons (Fsp3) is 0.917. The molecule has 0 aromatic heterocycles. The van der Waals surface area contributed by atoms with Crippen LogP contribution in [0.1, 0.15) is 34.1 Å². The molecule has 0 aliphatic carbocycles. The summed E-state index contributed by atoms with van der Waals surface area (Å²) in [4.78, 5) is 11.4. The average Bonchev–Trinajstić information content (AvgIpc) is 2.14. The molecule has 6 heteroatoms. The van der Waals surface area contributed by atoms with E-state index in [2.05, 4.69) is 33.9 Å². The molecule has 0 spiro atoms. The zero-order chi connectivity index (χ0) is 13.7. The van der Waals surface area contributed by atoms with Crippen molar-refractivity contribution in [3.05, 3.63) is 0 Å². The molecule has 0 aliphatic rings. The third-order valence-electron chi connectivity index (χ3n) is 3.14. The van der Waals surface area contributed by atoms with Crippen molar-refractivity contribution in [3.63, 3.8) is 0 Å². The molecular formula is C12H25ClO3SiSn. The van der Waals surface area contributed by atoms with Crippen LogP contribution in [-0.4, -0.2) is 56.8 Å². The molecule has 1 atom stereocenters. The summed E-state index contributed by atoms with van der Waals surface area (Å²) in [5.41, 5.74) is 0. The van der Waals surface area contributed by atoms with Crippen LogP contribution in [0.15, 0.2) is 0 Å². The Balaban J connectivity index is 0. The summed E-state index contributed by atoms with van der Waals surface area (Å²) in [6, 6.07) is 0. The first-order valence-corrected chi connectivity index (χ1v) is 9.47. The Labute approximate surface area is 134 Å². The molecule has 3 nitrogen and oxygen atoms in total. The largest absolute Gasteiger partial charge is 0.466 e. The minimum absolute atomic E-state index is 0. The van der Waals surface area contributed by atoms with E-state index in [1.54, 1.807) is 6.92 Å². The van der Waals surface area contributed by atoms with Gasteiger partial charge in [-0.1, -0.05) is 20.8 Å². The van der Waals surface area contributed by atoms with E-state index < -0.39 is 8.32 Å². The second kappa shape index (κ2) is 8.82. The summed E-state index contributed by atoms with van der Waals surface area (Å²) in [6.45, 7) is 13.0. The van der Waals surface area contributed by atoms with Gasteiger partial charge in [0.05, 0.1) is 19.1 Å². The molecule has 0 aliphatic heterocycles. The van der Waals surface area contributed by atoms with Crippen molar-refractivity contribution in [3.8, 4) is 0 Å². The van der Waals surface area contributed by atoms with E-state index in [9.17, 15) is 4.79 Å². The van der Waals surface area contributed by atoms with Crippen LogP contribution >= 0.6 is 11.6 Å². The molecule has 0 unspecified atom stereocenters. The third-order valence-corrected chi connectivity index (χ3v) is 8.02. The maximum atomic E-state index is 11.4. The number of carbonyl (C=O) groups is 1. The van der Waals surface area contributed by atoms with Crippen molar-refractivity contribution in [1.29, 1.82) is 0 Å². The van der Waals surface area contributed by atoms with Gasteiger partial charge in [0.15, 0.2) is 8.32 Å². The SMILES string of the molecule is CCOC(=O)C[C@@H](CCl)O[Si](C)(C)C(C)(C)C.[Sn]. The number of halogens is 1. The number of alkyl halides is 1. The summed E-state index contributed by atoms with van der Waals surface area (Å²) < 4.78 is 11.0. The van der Waals surface area contributed by atoms with Gasteiger partial charge in [0.2, 0.25) is 0 Å². The predicted molar refractivity (Wildman–Crippen MR) is 79.8 cm³/mol. The topological polar surface area (TPSA) is 35.5 Å². The molecule has 4 radical (unpaired) electrons. The fourth-order valence-corrected chi connectivity index (χ4v) is 2.76. The average molecular weight is 400 g/mol. The minimum Gasteiger partial charge on any atom is -0.466 e. The summed E-state index contributed by atoms with van der Waals surface area (Å²) in [5, 5.41) is 0.117. The van der Waals surface area contributed by atoms with Crippen LogP contribution in [0.3, 0.4) is 0 Å². The van der Waals surface area contributed by atoms with Gasteiger partial charge in [0.25, 0.3) is 0 Å². The standard InChI is InChI=1S/C12H25ClO3Si.Sn/c1-7-15-11(14)8-10(9-13)16-17(5,6)12(2,3)4;/h10H,7-9H2,1-6H3;/t10-;/m0./s1. The van der Waals surface area contributed by atoms with E-state index >= 15 is 0 Å². The Kier molecular flexibility index (Phi) is 10.3. The molecule has 0 aromatic carbocycles. The van der Waals surface area contributed by atoms with Crippen LogP contribution in [0, 0.1) is 0 Å². The van der Waals surface area contributed by atoms with E-state index in [-0.39, 0.29) is 47.4 Å². The summed E-state index contributed by atoms with van der Waals surface area (Å²) in [6.07, 6.45) is 0.000679. The van der Waals surface area contributed by atoms with Gasteiger partial charge in [0.1, 0.15) is 0 Å². The van der Waals surface area contributed by atoms with Crippen LogP contribution in [0.5, 0.6) is 0 Å². The van der Waals surface area contributed by atoms with E-state index in [1.165, 1.54) is 0 Å². The van der Waals surface area contributed by atoms with E-state index in [0.717, 1.165) is 0 Å². The Morgan fingerprint density at radius 3 is 2.17 bits per heavy atom. The molecule has 18 heavy (non-hydrogen) atoms. The molecule has 0 bridgehead atoms. The van der Waals surface area contributed by atoms with E-state index in [4.69, 9.17) is 20.8 Å². The first-order chi connectivity index (χ1) is 7.64. The molecule has 0 fully saturated rings. The number of ether oxygens (including phenoxy) is 1. The van der Waals surface area contributed by atoms with Gasteiger partial charge < -0.3 is 9.16 Å². The van der Waals surface area contributed by atoms with E-state index in [0.29, 0.717) is 12.5 Å². The van der Waals surface area contributed by atoms with Gasteiger partial charge in [-0.25, -0.2) is 0 Å². The zero-order valence-electron chi connectivity index (χ0n) is 12.3. The number of hydrogen-bond donors (Lipinski definition) is 0. The smallest absolute Gasteiger partial charge is 0.308 e. The molecule has 106 valence electrons. The molecule has 0 saturated heterocycles. The van der Waals surface area contributed by atoms with Crippen LogP contribution in [0.4, 0.5) is 0 Å². The molecular weight excluding hydrogens is 374 g/mol. The molecule has 0 aromatic rings. The van der Waals surface area contributed by atoms with Crippen molar-refractivity contribution in [2.45, 2.75) is 58.4 Å². The van der Waals surface area contributed by atoms with E-state index in [1.807, 2.05) is 0 Å². The molecule has 0 heterocycles. The van der Waals surface area contributed by atoms with Gasteiger partial charge in [-0.3, -0.25) is 4.79 Å². The number of esters is 1. The van der Waals surface area contributed by atoms with Gasteiger partial charge in [0, 0.05) is 29.8 Å². The fourth-order valence-electron chi connectivity index (χ4n) is 1.13. The van der Waals surface area contributed by atoms with Gasteiger partial charge >= 0.3 is 5.97 Å². The molecule has 0 amide bonds. The summed E-state index contributed by atoms with van der Waals surface area (Å²) in [7, 11) is -1.87. The van der Waals surface area contributed by atoms with Crippen LogP contribution in [0.2, 0.25) is 18.1 Å². The van der Waals surface area contributed by atoms with Crippen molar-refractivity contribution in [2.24, 2.45) is 0 Å². The maximum absolute atomic E-state index is 11.4. The molecule has 0 N–H and O–H groups in total. The summed E-state index contributed by atoms with van der Waals surface area (Å²) in [5.74, 6) is 0.0857. The maximum Gasteiger partial charge on any atom is 0.308 e. The quantitative estimate of drug-likeness (QED) is 0.391. The second-order valence-electron chi connectivity index (χ2n) is 5.66. The van der Waals surface area contributed by atoms with Gasteiger partial charge in [-0.15, -0.1) is 11.6 Å². The monoisotopic (exact) mass is 400 g/mol. The van der Waals surface area contributed by atoms with Gasteiger partial charge in [-0.05, 0) is 25.1 Å². The third kappa shape index (κ3) is 7.36. The second-order valence-corrected chi connectivity index (χ2v) is 10.7. The summed E-state index contributed by atoms with van der Waals surface area (Å²) >= 11 is 5.86. The van der Waals surface area contributed by atoms with Gasteiger partial charge in [-0.2, -0.15) is 0 Å². The van der Waals surface area contributed by atoms with Crippen LogP contribution in [0.25, 0.3) is 0 Å². The van der Waals surface area contributed by atoms with Crippen LogP contribution in [-0.2, 0) is 14.0 Å². The van der Waals surface area contributed by atoms with Crippen molar-refractivity contribution < 1.29 is 14.0 Å². The van der Waals surface area contributed by atoms with Crippen molar-refractivity contribution >= 4 is 49.8 Å². The zero-order valence-corrected chi connectivity index (χ0v) is 16.9.